The molecule has 110 valence electrons. The molecule has 21 heavy (non-hydrogen) atoms. The SMILES string of the molecule is CSc1ccc(NC(=O)c2cccc(C(F)(F)F)c2)cc1. The molecule has 1 N–H and O–H groups in total. The van der Waals surface area contributed by atoms with E-state index in [9.17, 15) is 18.0 Å². The summed E-state index contributed by atoms with van der Waals surface area (Å²) in [6, 6.07) is 11.4. The molecule has 0 unspecified atom stereocenters. The van der Waals surface area contributed by atoms with Gasteiger partial charge in [0, 0.05) is 16.1 Å². The van der Waals surface area contributed by atoms with Gasteiger partial charge in [-0.2, -0.15) is 13.2 Å². The van der Waals surface area contributed by atoms with Crippen LogP contribution in [0.25, 0.3) is 0 Å². The second-order valence-electron chi connectivity index (χ2n) is 4.26. The minimum atomic E-state index is -4.46. The Morgan fingerprint density at radius 3 is 2.33 bits per heavy atom. The van der Waals surface area contributed by atoms with E-state index < -0.39 is 17.6 Å². The van der Waals surface area contributed by atoms with E-state index in [-0.39, 0.29) is 5.56 Å². The molecule has 0 aliphatic carbocycles. The first-order valence-electron chi connectivity index (χ1n) is 6.03. The molecular weight excluding hydrogens is 299 g/mol. The van der Waals surface area contributed by atoms with Crippen LogP contribution in [0.2, 0.25) is 0 Å². The van der Waals surface area contributed by atoms with Crippen molar-refractivity contribution in [1.82, 2.24) is 0 Å². The molecule has 0 heterocycles. The second-order valence-corrected chi connectivity index (χ2v) is 5.14. The van der Waals surface area contributed by atoms with Gasteiger partial charge >= 0.3 is 6.18 Å². The number of anilines is 1. The molecule has 0 radical (unpaired) electrons. The number of alkyl halides is 3. The number of rotatable bonds is 3. The van der Waals surface area contributed by atoms with Gasteiger partial charge in [-0.05, 0) is 48.7 Å². The quantitative estimate of drug-likeness (QED) is 0.834. The lowest BCUT2D eigenvalue weighted by Gasteiger charge is -2.09. The number of nitrogens with one attached hydrogen (secondary N) is 1. The van der Waals surface area contributed by atoms with Crippen LogP contribution in [0.4, 0.5) is 18.9 Å². The lowest BCUT2D eigenvalue weighted by atomic mass is 10.1. The van der Waals surface area contributed by atoms with Crippen LogP contribution >= 0.6 is 11.8 Å². The third kappa shape index (κ3) is 4.01. The molecule has 0 saturated carbocycles. The summed E-state index contributed by atoms with van der Waals surface area (Å²) in [7, 11) is 0. The van der Waals surface area contributed by atoms with E-state index >= 15 is 0 Å². The van der Waals surface area contributed by atoms with Crippen LogP contribution in [0, 0.1) is 0 Å². The van der Waals surface area contributed by atoms with E-state index in [1.54, 1.807) is 23.9 Å². The zero-order valence-electron chi connectivity index (χ0n) is 11.1. The minimum Gasteiger partial charge on any atom is -0.322 e. The Bertz CT molecular complexity index is 638. The van der Waals surface area contributed by atoms with Crippen molar-refractivity contribution in [3.05, 3.63) is 59.7 Å². The molecule has 1 amide bonds. The van der Waals surface area contributed by atoms with Gasteiger partial charge in [0.25, 0.3) is 5.91 Å². The predicted molar refractivity (Wildman–Crippen MR) is 77.6 cm³/mol. The maximum absolute atomic E-state index is 12.6. The predicted octanol–water partition coefficient (Wildman–Crippen LogP) is 4.68. The Kier molecular flexibility index (Phi) is 4.57. The number of hydrogen-bond acceptors (Lipinski definition) is 2. The van der Waals surface area contributed by atoms with Gasteiger partial charge < -0.3 is 5.32 Å². The Hall–Kier alpha value is -1.95. The Labute approximate surface area is 124 Å². The molecule has 2 aromatic carbocycles. The van der Waals surface area contributed by atoms with E-state index in [1.165, 1.54) is 12.1 Å². The molecule has 0 aromatic heterocycles. The lowest BCUT2D eigenvalue weighted by molar-refractivity contribution is -0.137. The first-order valence-corrected chi connectivity index (χ1v) is 7.25. The van der Waals surface area contributed by atoms with Crippen molar-refractivity contribution >= 4 is 23.4 Å². The average molecular weight is 311 g/mol. The molecule has 0 bridgehead atoms. The zero-order valence-corrected chi connectivity index (χ0v) is 11.9. The summed E-state index contributed by atoms with van der Waals surface area (Å²) in [4.78, 5) is 13.0. The van der Waals surface area contributed by atoms with Gasteiger partial charge in [0.2, 0.25) is 0 Å². The van der Waals surface area contributed by atoms with Crippen molar-refractivity contribution in [1.29, 1.82) is 0 Å². The highest BCUT2D eigenvalue weighted by molar-refractivity contribution is 7.98. The van der Waals surface area contributed by atoms with Crippen molar-refractivity contribution in [3.63, 3.8) is 0 Å². The molecule has 0 aliphatic heterocycles. The van der Waals surface area contributed by atoms with E-state index in [2.05, 4.69) is 5.32 Å². The average Bonchev–Trinajstić information content (AvgIpc) is 2.47. The second kappa shape index (κ2) is 6.22. The van der Waals surface area contributed by atoms with Crippen LogP contribution in [0.5, 0.6) is 0 Å². The van der Waals surface area contributed by atoms with E-state index in [0.717, 1.165) is 17.0 Å². The fraction of sp³-hybridized carbons (Fsp3) is 0.133. The maximum Gasteiger partial charge on any atom is 0.416 e. The molecule has 6 heteroatoms. The number of thioether (sulfide) groups is 1. The molecule has 0 aliphatic rings. The molecule has 0 atom stereocenters. The standard InChI is InChI=1S/C15H12F3NOS/c1-21-13-7-5-12(6-8-13)19-14(20)10-3-2-4-11(9-10)15(16,17)18/h2-9H,1H3,(H,19,20). The molecular formula is C15H12F3NOS. The largest absolute Gasteiger partial charge is 0.416 e. The third-order valence-electron chi connectivity index (χ3n) is 2.80. The van der Waals surface area contributed by atoms with E-state index in [4.69, 9.17) is 0 Å². The van der Waals surface area contributed by atoms with Crippen molar-refractivity contribution in [3.8, 4) is 0 Å². The van der Waals surface area contributed by atoms with Crippen LogP contribution in [0.1, 0.15) is 15.9 Å². The fourth-order valence-corrected chi connectivity index (χ4v) is 2.12. The van der Waals surface area contributed by atoms with Gasteiger partial charge in [-0.1, -0.05) is 6.07 Å². The zero-order chi connectivity index (χ0) is 15.5. The monoisotopic (exact) mass is 311 g/mol. The van der Waals surface area contributed by atoms with Crippen molar-refractivity contribution < 1.29 is 18.0 Å². The van der Waals surface area contributed by atoms with Crippen LogP contribution < -0.4 is 5.32 Å². The summed E-state index contributed by atoms with van der Waals surface area (Å²) in [6.07, 6.45) is -2.54. The number of carbonyl (C=O) groups is 1. The lowest BCUT2D eigenvalue weighted by Crippen LogP contribution is -2.13. The van der Waals surface area contributed by atoms with Crippen molar-refractivity contribution in [2.24, 2.45) is 0 Å². The van der Waals surface area contributed by atoms with Crippen molar-refractivity contribution in [2.75, 3.05) is 11.6 Å². The summed E-state index contributed by atoms with van der Waals surface area (Å²) in [5, 5.41) is 2.57. The Morgan fingerprint density at radius 2 is 1.76 bits per heavy atom. The number of benzene rings is 2. The van der Waals surface area contributed by atoms with Gasteiger partial charge in [0.15, 0.2) is 0 Å². The van der Waals surface area contributed by atoms with E-state index in [0.29, 0.717) is 5.69 Å². The van der Waals surface area contributed by atoms with Gasteiger partial charge in [0.1, 0.15) is 0 Å². The molecule has 0 spiro atoms. The third-order valence-corrected chi connectivity index (χ3v) is 3.54. The summed E-state index contributed by atoms with van der Waals surface area (Å²) in [6.45, 7) is 0. The Balaban J connectivity index is 2.16. The summed E-state index contributed by atoms with van der Waals surface area (Å²) in [5.74, 6) is -0.571. The number of hydrogen-bond donors (Lipinski definition) is 1. The van der Waals surface area contributed by atoms with Gasteiger partial charge in [-0.15, -0.1) is 11.8 Å². The maximum atomic E-state index is 12.6. The van der Waals surface area contributed by atoms with Gasteiger partial charge in [-0.25, -0.2) is 0 Å². The van der Waals surface area contributed by atoms with Crippen LogP contribution in [-0.4, -0.2) is 12.2 Å². The van der Waals surface area contributed by atoms with Gasteiger partial charge in [0.05, 0.1) is 5.56 Å². The molecule has 0 saturated heterocycles. The van der Waals surface area contributed by atoms with Crippen molar-refractivity contribution in [2.45, 2.75) is 11.1 Å². The number of carbonyl (C=O) groups excluding carboxylic acids is 1. The minimum absolute atomic E-state index is 0.0289. The fourth-order valence-electron chi connectivity index (χ4n) is 1.71. The smallest absolute Gasteiger partial charge is 0.322 e. The highest BCUT2D eigenvalue weighted by atomic mass is 32.2. The Morgan fingerprint density at radius 1 is 1.10 bits per heavy atom. The topological polar surface area (TPSA) is 29.1 Å². The first-order chi connectivity index (χ1) is 9.90. The summed E-state index contributed by atoms with van der Waals surface area (Å²) in [5.41, 5.74) is -0.332. The van der Waals surface area contributed by atoms with Crippen LogP contribution in [-0.2, 0) is 6.18 Å². The molecule has 2 nitrogen and oxygen atoms in total. The highest BCUT2D eigenvalue weighted by Crippen LogP contribution is 2.29. The van der Waals surface area contributed by atoms with Gasteiger partial charge in [-0.3, -0.25) is 4.79 Å². The first kappa shape index (κ1) is 15.4. The number of amides is 1. The summed E-state index contributed by atoms with van der Waals surface area (Å²) >= 11 is 1.56. The van der Waals surface area contributed by atoms with E-state index in [1.807, 2.05) is 18.4 Å². The molecule has 0 fully saturated rings. The summed E-state index contributed by atoms with van der Waals surface area (Å²) < 4.78 is 37.8. The highest BCUT2D eigenvalue weighted by Gasteiger charge is 2.30. The normalized spacial score (nSPS) is 11.2. The van der Waals surface area contributed by atoms with Crippen LogP contribution in [0.3, 0.4) is 0 Å². The molecule has 2 aromatic rings. The molecule has 2 rings (SSSR count). The number of halogens is 3. The van der Waals surface area contributed by atoms with Crippen LogP contribution in [0.15, 0.2) is 53.4 Å².